The van der Waals surface area contributed by atoms with Gasteiger partial charge in [-0.1, -0.05) is 34.1 Å². The zero-order valence-corrected chi connectivity index (χ0v) is 12.7. The highest BCUT2D eigenvalue weighted by atomic mass is 15.2. The number of hydrogen-bond acceptors (Lipinski definition) is 2. The van der Waals surface area contributed by atoms with Crippen molar-refractivity contribution in [2.45, 2.75) is 77.9 Å². The van der Waals surface area contributed by atoms with Crippen molar-refractivity contribution in [3.05, 3.63) is 0 Å². The van der Waals surface area contributed by atoms with Gasteiger partial charge in [-0.25, -0.2) is 0 Å². The van der Waals surface area contributed by atoms with Gasteiger partial charge < -0.3 is 5.73 Å². The minimum absolute atomic E-state index is 0.466. The molecule has 0 spiro atoms. The highest BCUT2D eigenvalue weighted by molar-refractivity contribution is 4.95. The molecule has 2 aliphatic rings. The largest absolute Gasteiger partial charge is 0.328 e. The van der Waals surface area contributed by atoms with Crippen molar-refractivity contribution < 1.29 is 0 Å². The van der Waals surface area contributed by atoms with E-state index in [-0.39, 0.29) is 0 Å². The Labute approximate surface area is 113 Å². The van der Waals surface area contributed by atoms with Crippen LogP contribution in [0.25, 0.3) is 0 Å². The summed E-state index contributed by atoms with van der Waals surface area (Å²) in [5.74, 6) is 2.42. The molecule has 0 saturated carbocycles. The highest BCUT2D eigenvalue weighted by Gasteiger charge is 2.38. The average Bonchev–Trinajstić information content (AvgIpc) is 2.24. The Morgan fingerprint density at radius 2 is 1.50 bits per heavy atom. The van der Waals surface area contributed by atoms with E-state index in [4.69, 9.17) is 5.73 Å². The van der Waals surface area contributed by atoms with Crippen molar-refractivity contribution in [3.63, 3.8) is 0 Å². The number of nitrogens with zero attached hydrogens (tertiary/aromatic N) is 1. The first-order valence-electron chi connectivity index (χ1n) is 8.00. The standard InChI is InChI=1S/C16H32N2/c1-11(2)16(12(3)4)10-18-14-6-5-7-15(18)9-13(17)8-14/h11-16H,5-10,17H2,1-4H3. The monoisotopic (exact) mass is 252 g/mol. The smallest absolute Gasteiger partial charge is 0.0113 e. The molecule has 0 aromatic carbocycles. The minimum atomic E-state index is 0.466. The molecule has 2 aliphatic heterocycles. The summed E-state index contributed by atoms with van der Waals surface area (Å²) in [6, 6.07) is 2.04. The molecule has 0 radical (unpaired) electrons. The topological polar surface area (TPSA) is 29.3 Å². The third-order valence-corrected chi connectivity index (χ3v) is 5.30. The summed E-state index contributed by atoms with van der Waals surface area (Å²) in [5.41, 5.74) is 6.21. The molecule has 2 unspecified atom stereocenters. The lowest BCUT2D eigenvalue weighted by Gasteiger charge is -2.50. The predicted molar refractivity (Wildman–Crippen MR) is 78.5 cm³/mol. The Bertz CT molecular complexity index is 240. The lowest BCUT2D eigenvalue weighted by Crippen LogP contribution is -2.57. The summed E-state index contributed by atoms with van der Waals surface area (Å²) in [7, 11) is 0. The summed E-state index contributed by atoms with van der Waals surface area (Å²) >= 11 is 0. The van der Waals surface area contributed by atoms with Crippen LogP contribution >= 0.6 is 0 Å². The molecule has 0 aromatic rings. The molecule has 2 atom stereocenters. The van der Waals surface area contributed by atoms with Crippen LogP contribution in [-0.4, -0.2) is 29.6 Å². The van der Waals surface area contributed by atoms with Gasteiger partial charge in [0, 0.05) is 24.7 Å². The van der Waals surface area contributed by atoms with Crippen molar-refractivity contribution in [2.75, 3.05) is 6.54 Å². The van der Waals surface area contributed by atoms with Crippen LogP contribution in [0.5, 0.6) is 0 Å². The number of rotatable bonds is 4. The van der Waals surface area contributed by atoms with E-state index in [2.05, 4.69) is 32.6 Å². The van der Waals surface area contributed by atoms with Crippen LogP contribution in [-0.2, 0) is 0 Å². The van der Waals surface area contributed by atoms with Crippen LogP contribution in [0.3, 0.4) is 0 Å². The number of piperidine rings is 2. The summed E-state index contributed by atoms with van der Waals surface area (Å²) < 4.78 is 0. The van der Waals surface area contributed by atoms with Gasteiger partial charge in [-0.05, 0) is 43.4 Å². The van der Waals surface area contributed by atoms with Gasteiger partial charge in [-0.2, -0.15) is 0 Å². The van der Waals surface area contributed by atoms with Crippen LogP contribution in [0.4, 0.5) is 0 Å². The fourth-order valence-corrected chi connectivity index (χ4v) is 4.25. The molecule has 2 saturated heterocycles. The highest BCUT2D eigenvalue weighted by Crippen LogP contribution is 2.35. The third-order valence-electron chi connectivity index (χ3n) is 5.30. The van der Waals surface area contributed by atoms with Gasteiger partial charge in [0.1, 0.15) is 0 Å². The molecule has 2 heterocycles. The quantitative estimate of drug-likeness (QED) is 0.832. The van der Waals surface area contributed by atoms with Gasteiger partial charge in [0.05, 0.1) is 0 Å². The van der Waals surface area contributed by atoms with Crippen molar-refractivity contribution in [2.24, 2.45) is 23.5 Å². The zero-order chi connectivity index (χ0) is 13.3. The molecule has 106 valence electrons. The maximum absolute atomic E-state index is 6.21. The molecule has 0 amide bonds. The summed E-state index contributed by atoms with van der Waals surface area (Å²) in [4.78, 5) is 2.83. The van der Waals surface area contributed by atoms with E-state index in [1.165, 1.54) is 38.6 Å². The van der Waals surface area contributed by atoms with Crippen LogP contribution in [0, 0.1) is 17.8 Å². The molecule has 2 heteroatoms. The molecule has 18 heavy (non-hydrogen) atoms. The molecule has 0 aliphatic carbocycles. The van der Waals surface area contributed by atoms with E-state index in [1.807, 2.05) is 0 Å². The van der Waals surface area contributed by atoms with E-state index >= 15 is 0 Å². The molecule has 2 bridgehead atoms. The Hall–Kier alpha value is -0.0800. The summed E-state index contributed by atoms with van der Waals surface area (Å²) in [6.07, 6.45) is 6.66. The first-order valence-corrected chi connectivity index (χ1v) is 8.00. The van der Waals surface area contributed by atoms with E-state index < -0.39 is 0 Å². The summed E-state index contributed by atoms with van der Waals surface area (Å²) in [6.45, 7) is 10.8. The van der Waals surface area contributed by atoms with Crippen LogP contribution in [0.2, 0.25) is 0 Å². The maximum atomic E-state index is 6.21. The van der Waals surface area contributed by atoms with Gasteiger partial charge in [0.15, 0.2) is 0 Å². The third kappa shape index (κ3) is 3.08. The van der Waals surface area contributed by atoms with Crippen LogP contribution < -0.4 is 5.73 Å². The van der Waals surface area contributed by atoms with Gasteiger partial charge in [-0.15, -0.1) is 0 Å². The van der Waals surface area contributed by atoms with Crippen molar-refractivity contribution in [1.29, 1.82) is 0 Å². The van der Waals surface area contributed by atoms with Gasteiger partial charge in [0.2, 0.25) is 0 Å². The second-order valence-corrected chi connectivity index (χ2v) is 7.32. The van der Waals surface area contributed by atoms with Gasteiger partial charge in [0.25, 0.3) is 0 Å². The molecule has 0 aromatic heterocycles. The number of nitrogens with two attached hydrogens (primary N) is 1. The van der Waals surface area contributed by atoms with Crippen LogP contribution in [0.1, 0.15) is 59.8 Å². The second-order valence-electron chi connectivity index (χ2n) is 7.32. The van der Waals surface area contributed by atoms with Crippen molar-refractivity contribution in [3.8, 4) is 0 Å². The fraction of sp³-hybridized carbons (Fsp3) is 1.00. The van der Waals surface area contributed by atoms with E-state index in [1.54, 1.807) is 0 Å². The predicted octanol–water partition coefficient (Wildman–Crippen LogP) is 3.26. The van der Waals surface area contributed by atoms with E-state index in [9.17, 15) is 0 Å². The second kappa shape index (κ2) is 5.92. The zero-order valence-electron chi connectivity index (χ0n) is 12.7. The van der Waals surface area contributed by atoms with Crippen LogP contribution in [0.15, 0.2) is 0 Å². The van der Waals surface area contributed by atoms with Crippen molar-refractivity contribution in [1.82, 2.24) is 4.90 Å². The SMILES string of the molecule is CC(C)C(CN1C2CCCC1CC(N)C2)C(C)C. The lowest BCUT2D eigenvalue weighted by atomic mass is 9.78. The van der Waals surface area contributed by atoms with E-state index in [0.717, 1.165) is 29.8 Å². The Morgan fingerprint density at radius 1 is 1.00 bits per heavy atom. The van der Waals surface area contributed by atoms with Gasteiger partial charge in [-0.3, -0.25) is 4.90 Å². The lowest BCUT2D eigenvalue weighted by molar-refractivity contribution is 0.00530. The maximum Gasteiger partial charge on any atom is 0.0113 e. The summed E-state index contributed by atoms with van der Waals surface area (Å²) in [5, 5.41) is 0. The number of hydrogen-bond donors (Lipinski definition) is 1. The molecular formula is C16H32N2. The minimum Gasteiger partial charge on any atom is -0.328 e. The molecule has 2 rings (SSSR count). The number of fused-ring (bicyclic) bond motifs is 2. The van der Waals surface area contributed by atoms with Gasteiger partial charge >= 0.3 is 0 Å². The molecule has 2 N–H and O–H groups in total. The Balaban J connectivity index is 2.03. The first-order chi connectivity index (χ1) is 8.49. The normalized spacial score (nSPS) is 33.7. The average molecular weight is 252 g/mol. The Kier molecular flexibility index (Phi) is 4.71. The molecule has 2 nitrogen and oxygen atoms in total. The molecule has 2 fully saturated rings. The Morgan fingerprint density at radius 3 is 1.94 bits per heavy atom. The fourth-order valence-electron chi connectivity index (χ4n) is 4.25. The van der Waals surface area contributed by atoms with Crippen molar-refractivity contribution >= 4 is 0 Å². The first kappa shape index (κ1) is 14.3. The molecular weight excluding hydrogens is 220 g/mol. The van der Waals surface area contributed by atoms with E-state index in [0.29, 0.717) is 6.04 Å².